The third-order valence-corrected chi connectivity index (χ3v) is 6.16. The number of halogens is 1. The van der Waals surface area contributed by atoms with Crippen LogP contribution in [0.25, 0.3) is 0 Å². The third-order valence-electron chi connectivity index (χ3n) is 5.73. The second-order valence-electron chi connectivity index (χ2n) is 9.13. The number of ether oxygens (including phenoxy) is 1. The van der Waals surface area contributed by atoms with Gasteiger partial charge in [0.1, 0.15) is 5.75 Å². The monoisotopic (exact) mass is 428 g/mol. The van der Waals surface area contributed by atoms with Gasteiger partial charge >= 0.3 is 0 Å². The Balaban J connectivity index is 1.61. The molecule has 1 aliphatic heterocycles. The predicted octanol–water partition coefficient (Wildman–Crippen LogP) is 5.28. The van der Waals surface area contributed by atoms with Crippen molar-refractivity contribution in [2.45, 2.75) is 52.0 Å². The molecule has 1 heterocycles. The Morgan fingerprint density at radius 2 is 1.80 bits per heavy atom. The van der Waals surface area contributed by atoms with Gasteiger partial charge in [0.25, 0.3) is 5.91 Å². The number of aryl methyl sites for hydroxylation is 1. The molecule has 0 spiro atoms. The van der Waals surface area contributed by atoms with Gasteiger partial charge in [-0.05, 0) is 73.2 Å². The fraction of sp³-hybridized carbons (Fsp3) is 0.480. The summed E-state index contributed by atoms with van der Waals surface area (Å²) in [6.07, 6.45) is 2.42. The van der Waals surface area contributed by atoms with Crippen molar-refractivity contribution >= 4 is 17.5 Å². The molecular weight excluding hydrogens is 396 g/mol. The summed E-state index contributed by atoms with van der Waals surface area (Å²) in [4.78, 5) is 14.9. The summed E-state index contributed by atoms with van der Waals surface area (Å²) < 4.78 is 5.64. The summed E-state index contributed by atoms with van der Waals surface area (Å²) in [7, 11) is 0. The van der Waals surface area contributed by atoms with E-state index in [-0.39, 0.29) is 24.0 Å². The summed E-state index contributed by atoms with van der Waals surface area (Å²) >= 11 is 6.04. The molecule has 0 aromatic heterocycles. The zero-order valence-corrected chi connectivity index (χ0v) is 19.3. The Hall–Kier alpha value is -2.04. The van der Waals surface area contributed by atoms with Crippen molar-refractivity contribution < 1.29 is 9.53 Å². The Morgan fingerprint density at radius 3 is 2.40 bits per heavy atom. The first-order chi connectivity index (χ1) is 14.2. The first kappa shape index (κ1) is 22.6. The summed E-state index contributed by atoms with van der Waals surface area (Å²) in [5.74, 6) is 0.541. The lowest BCUT2D eigenvalue weighted by Gasteiger charge is -2.29. The zero-order chi connectivity index (χ0) is 21.7. The maximum absolute atomic E-state index is 12.4. The molecule has 2 aromatic rings. The lowest BCUT2D eigenvalue weighted by Crippen LogP contribution is -2.38. The van der Waals surface area contributed by atoms with Crippen LogP contribution in [0.4, 0.5) is 0 Å². The molecular formula is C25H33ClN2O2. The molecule has 3 rings (SSSR count). The molecule has 0 saturated carbocycles. The molecule has 0 unspecified atom stereocenters. The van der Waals surface area contributed by atoms with Gasteiger partial charge in [-0.2, -0.15) is 0 Å². The quantitative estimate of drug-likeness (QED) is 0.652. The molecule has 1 saturated heterocycles. The van der Waals surface area contributed by atoms with Gasteiger partial charge in [-0.1, -0.05) is 56.6 Å². The highest BCUT2D eigenvalue weighted by Crippen LogP contribution is 2.28. The number of amides is 1. The topological polar surface area (TPSA) is 41.6 Å². The first-order valence-electron chi connectivity index (χ1n) is 10.7. The third kappa shape index (κ3) is 5.99. The molecule has 2 aromatic carbocycles. The van der Waals surface area contributed by atoms with Crippen LogP contribution in [0.5, 0.6) is 5.75 Å². The van der Waals surface area contributed by atoms with E-state index in [1.165, 1.54) is 24.0 Å². The Morgan fingerprint density at radius 1 is 1.13 bits per heavy atom. The molecule has 1 amide bonds. The Bertz CT molecular complexity index is 852. The normalized spacial score (nSPS) is 15.8. The van der Waals surface area contributed by atoms with Crippen molar-refractivity contribution in [2.75, 3.05) is 26.2 Å². The highest BCUT2D eigenvalue weighted by Gasteiger charge is 2.24. The van der Waals surface area contributed by atoms with Crippen LogP contribution in [0.2, 0.25) is 5.02 Å². The Kier molecular flexibility index (Phi) is 7.43. The van der Waals surface area contributed by atoms with Gasteiger partial charge in [-0.3, -0.25) is 9.69 Å². The average molecular weight is 429 g/mol. The van der Waals surface area contributed by atoms with Crippen molar-refractivity contribution in [3.05, 3.63) is 64.2 Å². The van der Waals surface area contributed by atoms with Crippen molar-refractivity contribution in [3.63, 3.8) is 0 Å². The van der Waals surface area contributed by atoms with Crippen LogP contribution in [0.1, 0.15) is 56.3 Å². The lowest BCUT2D eigenvalue weighted by atomic mass is 9.86. The predicted molar refractivity (Wildman–Crippen MR) is 123 cm³/mol. The van der Waals surface area contributed by atoms with Crippen LogP contribution in [-0.2, 0) is 10.2 Å². The molecule has 1 fully saturated rings. The molecule has 0 radical (unpaired) electrons. The van der Waals surface area contributed by atoms with E-state index in [4.69, 9.17) is 16.3 Å². The van der Waals surface area contributed by atoms with E-state index in [0.29, 0.717) is 17.3 Å². The van der Waals surface area contributed by atoms with Gasteiger partial charge in [0.15, 0.2) is 6.61 Å². The summed E-state index contributed by atoms with van der Waals surface area (Å²) in [6.45, 7) is 11.3. The smallest absolute Gasteiger partial charge is 0.258 e. The summed E-state index contributed by atoms with van der Waals surface area (Å²) in [6, 6.07) is 14.5. The molecule has 0 bridgehead atoms. The fourth-order valence-electron chi connectivity index (χ4n) is 3.83. The molecule has 0 aliphatic carbocycles. The van der Waals surface area contributed by atoms with Crippen molar-refractivity contribution in [1.29, 1.82) is 0 Å². The van der Waals surface area contributed by atoms with E-state index in [1.807, 2.05) is 13.0 Å². The highest BCUT2D eigenvalue weighted by molar-refractivity contribution is 6.31. The molecule has 1 atom stereocenters. The van der Waals surface area contributed by atoms with Crippen LogP contribution in [-0.4, -0.2) is 37.0 Å². The second kappa shape index (κ2) is 9.84. The average Bonchev–Trinajstić information content (AvgIpc) is 3.23. The van der Waals surface area contributed by atoms with E-state index in [9.17, 15) is 4.79 Å². The Labute approximate surface area is 185 Å². The minimum atomic E-state index is -0.113. The number of rotatable bonds is 7. The molecule has 4 nitrogen and oxygen atoms in total. The van der Waals surface area contributed by atoms with E-state index < -0.39 is 0 Å². The molecule has 1 N–H and O–H groups in total. The van der Waals surface area contributed by atoms with E-state index in [1.54, 1.807) is 12.1 Å². The SMILES string of the molecule is Cc1cc(OCC(=O)NC[C@@H](c2ccc(C(C)(C)C)cc2)N2CCCC2)ccc1Cl. The van der Waals surface area contributed by atoms with E-state index in [2.05, 4.69) is 55.3 Å². The number of nitrogens with one attached hydrogen (secondary N) is 1. The van der Waals surface area contributed by atoms with Crippen LogP contribution in [0.3, 0.4) is 0 Å². The van der Waals surface area contributed by atoms with E-state index >= 15 is 0 Å². The van der Waals surface area contributed by atoms with Crippen molar-refractivity contribution in [2.24, 2.45) is 0 Å². The van der Waals surface area contributed by atoms with E-state index in [0.717, 1.165) is 18.7 Å². The molecule has 30 heavy (non-hydrogen) atoms. The van der Waals surface area contributed by atoms with Crippen LogP contribution < -0.4 is 10.1 Å². The molecule has 5 heteroatoms. The van der Waals surface area contributed by atoms with Gasteiger partial charge in [0.05, 0.1) is 6.04 Å². The standard InChI is InChI=1S/C25H33ClN2O2/c1-18-15-21(11-12-22(18)26)30-17-24(29)27-16-23(28-13-5-6-14-28)19-7-9-20(10-8-19)25(2,3)4/h7-12,15,23H,5-6,13-14,16-17H2,1-4H3,(H,27,29)/t23-/m0/s1. The number of likely N-dealkylation sites (tertiary alicyclic amines) is 1. The van der Waals surface area contributed by atoms with Gasteiger partial charge in [0, 0.05) is 11.6 Å². The first-order valence-corrected chi connectivity index (χ1v) is 11.1. The van der Waals surface area contributed by atoms with Gasteiger partial charge in [-0.15, -0.1) is 0 Å². The summed E-state index contributed by atoms with van der Waals surface area (Å²) in [5, 5.41) is 3.76. The fourth-order valence-corrected chi connectivity index (χ4v) is 3.95. The maximum Gasteiger partial charge on any atom is 0.258 e. The van der Waals surface area contributed by atoms with Crippen molar-refractivity contribution in [1.82, 2.24) is 10.2 Å². The van der Waals surface area contributed by atoms with Crippen LogP contribution >= 0.6 is 11.6 Å². The second-order valence-corrected chi connectivity index (χ2v) is 9.54. The van der Waals surface area contributed by atoms with Gasteiger partial charge < -0.3 is 10.1 Å². The van der Waals surface area contributed by atoms with Gasteiger partial charge in [-0.25, -0.2) is 0 Å². The summed E-state index contributed by atoms with van der Waals surface area (Å²) in [5.41, 5.74) is 3.64. The lowest BCUT2D eigenvalue weighted by molar-refractivity contribution is -0.123. The van der Waals surface area contributed by atoms with Crippen LogP contribution in [0, 0.1) is 6.92 Å². The number of hydrogen-bond donors (Lipinski definition) is 1. The number of carbonyl (C=O) groups is 1. The number of nitrogens with zero attached hydrogens (tertiary/aromatic N) is 1. The largest absolute Gasteiger partial charge is 0.484 e. The number of hydrogen-bond acceptors (Lipinski definition) is 3. The number of benzene rings is 2. The minimum absolute atomic E-state index is 0.00322. The molecule has 1 aliphatic rings. The highest BCUT2D eigenvalue weighted by atomic mass is 35.5. The van der Waals surface area contributed by atoms with Crippen LogP contribution in [0.15, 0.2) is 42.5 Å². The van der Waals surface area contributed by atoms with Gasteiger partial charge in [0.2, 0.25) is 0 Å². The minimum Gasteiger partial charge on any atom is -0.484 e. The number of carbonyl (C=O) groups excluding carboxylic acids is 1. The zero-order valence-electron chi connectivity index (χ0n) is 18.5. The van der Waals surface area contributed by atoms with Crippen molar-refractivity contribution in [3.8, 4) is 5.75 Å². The maximum atomic E-state index is 12.4. The molecule has 162 valence electrons.